The largest absolute Gasteiger partial charge is 0.399 e. The first-order valence-corrected chi connectivity index (χ1v) is 6.80. The Labute approximate surface area is 111 Å². The molecule has 0 radical (unpaired) electrons. The van der Waals surface area contributed by atoms with Crippen LogP contribution >= 0.6 is 0 Å². The normalized spacial score (nSPS) is 22.6. The quantitative estimate of drug-likeness (QED) is 0.828. The van der Waals surface area contributed by atoms with Crippen LogP contribution in [-0.2, 0) is 0 Å². The number of nitrogen functional groups attached to an aromatic ring is 1. The second kappa shape index (κ2) is 5.72. The number of rotatable bonds is 4. The predicted octanol–water partition coefficient (Wildman–Crippen LogP) is 2.21. The van der Waals surface area contributed by atoms with Crippen LogP contribution in [0.1, 0.15) is 24.9 Å². The minimum absolute atomic E-state index is 0.430. The molecule has 1 aromatic rings. The zero-order valence-corrected chi connectivity index (χ0v) is 11.8. The summed E-state index contributed by atoms with van der Waals surface area (Å²) in [5.41, 5.74) is 8.02. The van der Waals surface area contributed by atoms with Gasteiger partial charge in [0.15, 0.2) is 0 Å². The van der Waals surface area contributed by atoms with Gasteiger partial charge in [0.2, 0.25) is 0 Å². The van der Waals surface area contributed by atoms with Gasteiger partial charge in [-0.15, -0.1) is 0 Å². The molecule has 0 amide bonds. The van der Waals surface area contributed by atoms with E-state index in [9.17, 15) is 0 Å². The summed E-state index contributed by atoms with van der Waals surface area (Å²) >= 11 is 0. The fourth-order valence-corrected chi connectivity index (χ4v) is 2.81. The summed E-state index contributed by atoms with van der Waals surface area (Å²) in [5, 5.41) is 0. The zero-order valence-electron chi connectivity index (χ0n) is 11.8. The Hall–Kier alpha value is -1.06. The van der Waals surface area contributed by atoms with E-state index in [1.54, 1.807) is 0 Å². The summed E-state index contributed by atoms with van der Waals surface area (Å²) < 4.78 is 0. The summed E-state index contributed by atoms with van der Waals surface area (Å²) in [4.78, 5) is 4.86. The number of hydrogen-bond acceptors (Lipinski definition) is 3. The van der Waals surface area contributed by atoms with Crippen LogP contribution in [0.3, 0.4) is 0 Å². The molecule has 1 heterocycles. The van der Waals surface area contributed by atoms with Crippen LogP contribution in [0, 0.1) is 5.92 Å². The highest BCUT2D eigenvalue weighted by Gasteiger charge is 2.22. The van der Waals surface area contributed by atoms with Gasteiger partial charge in [-0.2, -0.15) is 0 Å². The molecule has 1 aromatic carbocycles. The number of anilines is 1. The summed E-state index contributed by atoms with van der Waals surface area (Å²) in [6, 6.07) is 8.67. The molecule has 2 atom stereocenters. The topological polar surface area (TPSA) is 32.5 Å². The van der Waals surface area contributed by atoms with Crippen LogP contribution in [0.25, 0.3) is 0 Å². The molecule has 1 aliphatic rings. The molecule has 1 saturated heterocycles. The lowest BCUT2D eigenvalue weighted by Crippen LogP contribution is -2.29. The van der Waals surface area contributed by atoms with Gasteiger partial charge in [-0.05, 0) is 57.6 Å². The Morgan fingerprint density at radius 2 is 2.28 bits per heavy atom. The third-order valence-corrected chi connectivity index (χ3v) is 4.09. The van der Waals surface area contributed by atoms with Crippen LogP contribution in [0.2, 0.25) is 0 Å². The molecular formula is C15H25N3. The molecule has 0 aliphatic carbocycles. The second-order valence-electron chi connectivity index (χ2n) is 5.70. The molecule has 3 nitrogen and oxygen atoms in total. The van der Waals surface area contributed by atoms with E-state index in [1.807, 2.05) is 12.1 Å². The average molecular weight is 247 g/mol. The summed E-state index contributed by atoms with van der Waals surface area (Å²) in [5.74, 6) is 0.809. The van der Waals surface area contributed by atoms with Crippen LogP contribution in [0.5, 0.6) is 0 Å². The van der Waals surface area contributed by atoms with Crippen molar-refractivity contribution in [2.75, 3.05) is 39.5 Å². The van der Waals surface area contributed by atoms with Crippen molar-refractivity contribution >= 4 is 5.69 Å². The monoisotopic (exact) mass is 247 g/mol. The second-order valence-corrected chi connectivity index (χ2v) is 5.70. The molecule has 0 spiro atoms. The maximum Gasteiger partial charge on any atom is 0.0317 e. The van der Waals surface area contributed by atoms with Crippen molar-refractivity contribution in [3.05, 3.63) is 29.8 Å². The average Bonchev–Trinajstić information content (AvgIpc) is 2.73. The maximum absolute atomic E-state index is 5.85. The summed E-state index contributed by atoms with van der Waals surface area (Å²) in [6.07, 6.45) is 1.32. The number of likely N-dealkylation sites (tertiary alicyclic amines) is 1. The van der Waals surface area contributed by atoms with Gasteiger partial charge in [0.1, 0.15) is 0 Å². The van der Waals surface area contributed by atoms with Crippen molar-refractivity contribution in [1.82, 2.24) is 9.80 Å². The van der Waals surface area contributed by atoms with Gasteiger partial charge in [0, 0.05) is 24.8 Å². The van der Waals surface area contributed by atoms with Gasteiger partial charge in [0.25, 0.3) is 0 Å². The smallest absolute Gasteiger partial charge is 0.0317 e. The van der Waals surface area contributed by atoms with Crippen LogP contribution in [0.4, 0.5) is 5.69 Å². The lowest BCUT2D eigenvalue weighted by Gasteiger charge is -2.28. The Morgan fingerprint density at radius 3 is 2.89 bits per heavy atom. The molecular weight excluding hydrogens is 222 g/mol. The molecule has 3 heteroatoms. The number of nitrogens with two attached hydrogens (primary N) is 1. The van der Waals surface area contributed by atoms with Crippen LogP contribution < -0.4 is 5.73 Å². The van der Waals surface area contributed by atoms with E-state index in [2.05, 4.69) is 43.0 Å². The van der Waals surface area contributed by atoms with Gasteiger partial charge < -0.3 is 10.6 Å². The molecule has 0 aromatic heterocycles. The third kappa shape index (κ3) is 3.24. The molecule has 18 heavy (non-hydrogen) atoms. The van der Waals surface area contributed by atoms with Crippen LogP contribution in [-0.4, -0.2) is 43.5 Å². The highest BCUT2D eigenvalue weighted by atomic mass is 15.2. The molecule has 2 unspecified atom stereocenters. The van der Waals surface area contributed by atoms with E-state index >= 15 is 0 Å². The maximum atomic E-state index is 5.85. The molecule has 100 valence electrons. The number of benzene rings is 1. The van der Waals surface area contributed by atoms with Gasteiger partial charge in [-0.25, -0.2) is 0 Å². The first-order valence-electron chi connectivity index (χ1n) is 6.80. The van der Waals surface area contributed by atoms with Gasteiger partial charge in [0.05, 0.1) is 0 Å². The first-order chi connectivity index (χ1) is 8.56. The fraction of sp³-hybridized carbons (Fsp3) is 0.600. The minimum Gasteiger partial charge on any atom is -0.399 e. The Bertz CT molecular complexity index is 391. The predicted molar refractivity (Wildman–Crippen MR) is 77.5 cm³/mol. The van der Waals surface area contributed by atoms with E-state index in [4.69, 9.17) is 5.73 Å². The van der Waals surface area contributed by atoms with Crippen molar-refractivity contribution in [1.29, 1.82) is 0 Å². The summed E-state index contributed by atoms with van der Waals surface area (Å²) in [7, 11) is 4.42. The lowest BCUT2D eigenvalue weighted by atomic mass is 10.0. The molecule has 0 saturated carbocycles. The Balaban J connectivity index is 1.94. The summed E-state index contributed by atoms with van der Waals surface area (Å²) in [6.45, 7) is 5.90. The van der Waals surface area contributed by atoms with Crippen molar-refractivity contribution in [2.24, 2.45) is 5.92 Å². The Morgan fingerprint density at radius 1 is 1.50 bits per heavy atom. The van der Waals surface area contributed by atoms with E-state index < -0.39 is 0 Å². The lowest BCUT2D eigenvalue weighted by molar-refractivity contribution is 0.220. The van der Waals surface area contributed by atoms with E-state index in [1.165, 1.54) is 31.6 Å². The van der Waals surface area contributed by atoms with E-state index in [0.717, 1.165) is 11.6 Å². The van der Waals surface area contributed by atoms with Crippen molar-refractivity contribution in [2.45, 2.75) is 19.4 Å². The highest BCUT2D eigenvalue weighted by molar-refractivity contribution is 5.41. The standard InChI is InChI=1S/C15H25N3/c1-12(14-5-4-6-15(16)9-14)18(3)11-13-7-8-17(2)10-13/h4-6,9,12-13H,7-8,10-11,16H2,1-3H3. The molecule has 1 fully saturated rings. The fourth-order valence-electron chi connectivity index (χ4n) is 2.81. The van der Waals surface area contributed by atoms with Crippen molar-refractivity contribution < 1.29 is 0 Å². The molecule has 0 bridgehead atoms. The number of nitrogens with zero attached hydrogens (tertiary/aromatic N) is 2. The third-order valence-electron chi connectivity index (χ3n) is 4.09. The first kappa shape index (κ1) is 13.4. The minimum atomic E-state index is 0.430. The van der Waals surface area contributed by atoms with Crippen molar-refractivity contribution in [3.63, 3.8) is 0 Å². The molecule has 2 N–H and O–H groups in total. The van der Waals surface area contributed by atoms with Gasteiger partial charge in [-0.1, -0.05) is 12.1 Å². The SMILES string of the molecule is CC(c1cccc(N)c1)N(C)CC1CCN(C)C1. The highest BCUT2D eigenvalue weighted by Crippen LogP contribution is 2.23. The van der Waals surface area contributed by atoms with Crippen LogP contribution in [0.15, 0.2) is 24.3 Å². The van der Waals surface area contributed by atoms with Gasteiger partial charge >= 0.3 is 0 Å². The zero-order chi connectivity index (χ0) is 13.1. The molecule has 2 rings (SSSR count). The molecule has 1 aliphatic heterocycles. The Kier molecular flexibility index (Phi) is 4.25. The van der Waals surface area contributed by atoms with E-state index in [0.29, 0.717) is 6.04 Å². The van der Waals surface area contributed by atoms with Crippen molar-refractivity contribution in [3.8, 4) is 0 Å². The van der Waals surface area contributed by atoms with E-state index in [-0.39, 0.29) is 0 Å². The van der Waals surface area contributed by atoms with Gasteiger partial charge in [-0.3, -0.25) is 4.90 Å². The number of hydrogen-bond donors (Lipinski definition) is 1.